The van der Waals surface area contributed by atoms with Crippen molar-refractivity contribution >= 4 is 0 Å². The van der Waals surface area contributed by atoms with Gasteiger partial charge in [0.15, 0.2) is 11.6 Å². The van der Waals surface area contributed by atoms with Crippen molar-refractivity contribution in [3.8, 4) is 5.75 Å². The van der Waals surface area contributed by atoms with E-state index < -0.39 is 23.3 Å². The number of hydrogen-bond acceptors (Lipinski definition) is 4. The number of hydrogen-bond donors (Lipinski definition) is 3. The van der Waals surface area contributed by atoms with Crippen LogP contribution in [0.25, 0.3) is 0 Å². The summed E-state index contributed by atoms with van der Waals surface area (Å²) < 4.78 is 26.6. The summed E-state index contributed by atoms with van der Waals surface area (Å²) in [5, 5.41) is 30.8. The van der Waals surface area contributed by atoms with Gasteiger partial charge in [-0.25, -0.2) is 8.78 Å². The molecule has 0 unspecified atom stereocenters. The normalized spacial score (nSPS) is 25.0. The molecule has 0 amide bonds. The Kier molecular flexibility index (Phi) is 5.12. The number of phenolic OH excluding ortho intramolecular Hbond substituents is 1. The Hall–Kier alpha value is -2.02. The predicted octanol–water partition coefficient (Wildman–Crippen LogP) is 3.02. The Morgan fingerprint density at radius 1 is 1.00 bits per heavy atom. The van der Waals surface area contributed by atoms with Crippen LogP contribution in [0.2, 0.25) is 0 Å². The Morgan fingerprint density at radius 3 is 2.25 bits per heavy atom. The number of aliphatic hydroxyl groups excluding tert-OH is 1. The van der Waals surface area contributed by atoms with Crippen molar-refractivity contribution in [1.82, 2.24) is 4.90 Å². The fraction of sp³-hybridized carbons (Fsp3) is 0.455. The third-order valence-electron chi connectivity index (χ3n) is 6.16. The van der Waals surface area contributed by atoms with Gasteiger partial charge in [0, 0.05) is 26.1 Å². The first kappa shape index (κ1) is 19.3. The van der Waals surface area contributed by atoms with Gasteiger partial charge in [0.1, 0.15) is 5.75 Å². The molecule has 3 atom stereocenters. The van der Waals surface area contributed by atoms with Crippen LogP contribution in [-0.2, 0) is 6.42 Å². The lowest BCUT2D eigenvalue weighted by molar-refractivity contribution is 0.0327. The van der Waals surface area contributed by atoms with E-state index in [1.807, 2.05) is 0 Å². The first-order valence-electron chi connectivity index (χ1n) is 9.67. The van der Waals surface area contributed by atoms with Crippen LogP contribution in [0.1, 0.15) is 30.1 Å². The minimum absolute atomic E-state index is 0.173. The number of benzene rings is 2. The summed E-state index contributed by atoms with van der Waals surface area (Å²) in [6.45, 7) is 2.12. The molecule has 0 spiro atoms. The second-order valence-electron chi connectivity index (χ2n) is 8.40. The predicted molar refractivity (Wildman–Crippen MR) is 101 cm³/mol. The maximum absolute atomic E-state index is 13.4. The molecule has 1 aliphatic carbocycles. The van der Waals surface area contributed by atoms with Crippen LogP contribution < -0.4 is 0 Å². The van der Waals surface area contributed by atoms with Crippen molar-refractivity contribution in [2.75, 3.05) is 19.6 Å². The molecule has 3 N–H and O–H groups in total. The van der Waals surface area contributed by atoms with Crippen molar-refractivity contribution in [2.45, 2.75) is 31.0 Å². The Bertz CT molecular complexity index is 828. The molecule has 2 fully saturated rings. The summed E-state index contributed by atoms with van der Waals surface area (Å²) in [7, 11) is 0. The molecule has 0 radical (unpaired) electrons. The van der Waals surface area contributed by atoms with Crippen LogP contribution in [0.3, 0.4) is 0 Å². The molecule has 2 aliphatic rings. The van der Waals surface area contributed by atoms with Gasteiger partial charge in [-0.3, -0.25) is 4.90 Å². The molecule has 0 bridgehead atoms. The molecule has 1 saturated carbocycles. The fourth-order valence-corrected chi connectivity index (χ4v) is 4.93. The van der Waals surface area contributed by atoms with Gasteiger partial charge in [0.05, 0.1) is 11.7 Å². The van der Waals surface area contributed by atoms with E-state index in [0.29, 0.717) is 43.2 Å². The molecule has 4 rings (SSSR count). The molecular weight excluding hydrogens is 364 g/mol. The molecule has 1 aliphatic heterocycles. The van der Waals surface area contributed by atoms with E-state index in [1.54, 1.807) is 24.3 Å². The summed E-state index contributed by atoms with van der Waals surface area (Å²) in [6, 6.07) is 10.4. The van der Waals surface area contributed by atoms with Crippen molar-refractivity contribution < 1.29 is 24.1 Å². The highest BCUT2D eigenvalue weighted by molar-refractivity contribution is 5.27. The first-order valence-corrected chi connectivity index (χ1v) is 9.67. The van der Waals surface area contributed by atoms with E-state index in [4.69, 9.17) is 0 Å². The quantitative estimate of drug-likeness (QED) is 0.736. The van der Waals surface area contributed by atoms with Crippen molar-refractivity contribution in [3.05, 3.63) is 65.2 Å². The van der Waals surface area contributed by atoms with Crippen molar-refractivity contribution in [3.63, 3.8) is 0 Å². The molecule has 1 saturated heterocycles. The van der Waals surface area contributed by atoms with Crippen LogP contribution in [0, 0.1) is 23.5 Å². The summed E-state index contributed by atoms with van der Waals surface area (Å²) in [5.41, 5.74) is 0.493. The molecule has 28 heavy (non-hydrogen) atoms. The lowest BCUT2D eigenvalue weighted by atomic mass is 9.91. The van der Waals surface area contributed by atoms with Crippen molar-refractivity contribution in [1.29, 1.82) is 0 Å². The van der Waals surface area contributed by atoms with E-state index in [1.165, 1.54) is 12.1 Å². The maximum atomic E-state index is 13.4. The zero-order chi connectivity index (χ0) is 19.9. The van der Waals surface area contributed by atoms with Gasteiger partial charge in [-0.05, 0) is 60.1 Å². The minimum Gasteiger partial charge on any atom is -0.508 e. The van der Waals surface area contributed by atoms with E-state index >= 15 is 0 Å². The number of phenols is 1. The third kappa shape index (κ3) is 4.04. The van der Waals surface area contributed by atoms with Gasteiger partial charge in [-0.15, -0.1) is 0 Å². The molecule has 2 aromatic rings. The van der Waals surface area contributed by atoms with Crippen LogP contribution in [-0.4, -0.2) is 45.5 Å². The Morgan fingerprint density at radius 2 is 1.64 bits per heavy atom. The fourth-order valence-electron chi connectivity index (χ4n) is 4.93. The minimum atomic E-state index is -0.888. The number of aliphatic hydroxyl groups is 2. The lowest BCUT2D eigenvalue weighted by Gasteiger charge is -2.27. The van der Waals surface area contributed by atoms with Crippen LogP contribution in [0.15, 0.2) is 42.5 Å². The second kappa shape index (κ2) is 7.43. The number of fused-ring (bicyclic) bond motifs is 1. The number of aromatic hydroxyl groups is 1. The average molecular weight is 389 g/mol. The van der Waals surface area contributed by atoms with E-state index in [-0.39, 0.29) is 5.75 Å². The Balaban J connectivity index is 1.33. The highest BCUT2D eigenvalue weighted by atomic mass is 19.2. The molecular formula is C22H25F2NO3. The number of nitrogens with zero attached hydrogens (tertiary/aromatic N) is 1. The van der Waals surface area contributed by atoms with E-state index in [9.17, 15) is 24.1 Å². The zero-order valence-corrected chi connectivity index (χ0v) is 15.6. The van der Waals surface area contributed by atoms with Crippen LogP contribution in [0.4, 0.5) is 8.78 Å². The van der Waals surface area contributed by atoms with E-state index in [0.717, 1.165) is 24.7 Å². The standard InChI is InChI=1S/C22H25F2NO3/c23-19-6-1-14(7-20(19)24)8-22(28)9-16-11-25(12-17(16)10-22)13-21(27)15-2-4-18(26)5-3-15/h1-7,16-17,21,26-28H,8-13H2/t16-,17-,21-/m0/s1. The molecule has 4 nitrogen and oxygen atoms in total. The first-order chi connectivity index (χ1) is 13.3. The largest absolute Gasteiger partial charge is 0.508 e. The summed E-state index contributed by atoms with van der Waals surface area (Å²) in [6.07, 6.45) is 0.957. The molecule has 1 heterocycles. The van der Waals surface area contributed by atoms with Crippen LogP contribution >= 0.6 is 0 Å². The highest BCUT2D eigenvalue weighted by Crippen LogP contribution is 2.45. The van der Waals surface area contributed by atoms with Crippen LogP contribution in [0.5, 0.6) is 5.75 Å². The number of rotatable bonds is 5. The number of halogens is 2. The smallest absolute Gasteiger partial charge is 0.159 e. The summed E-state index contributed by atoms with van der Waals surface area (Å²) in [5.74, 6) is -0.910. The van der Waals surface area contributed by atoms with Gasteiger partial charge in [0.2, 0.25) is 0 Å². The van der Waals surface area contributed by atoms with E-state index in [2.05, 4.69) is 4.90 Å². The number of likely N-dealkylation sites (tertiary alicyclic amines) is 1. The van der Waals surface area contributed by atoms with Gasteiger partial charge in [0.25, 0.3) is 0 Å². The van der Waals surface area contributed by atoms with Gasteiger partial charge in [-0.1, -0.05) is 18.2 Å². The molecule has 2 aromatic carbocycles. The molecule has 150 valence electrons. The summed E-state index contributed by atoms with van der Waals surface area (Å²) in [4.78, 5) is 2.21. The topological polar surface area (TPSA) is 63.9 Å². The second-order valence-corrected chi connectivity index (χ2v) is 8.40. The highest BCUT2D eigenvalue weighted by Gasteiger charge is 2.48. The zero-order valence-electron chi connectivity index (χ0n) is 15.6. The van der Waals surface area contributed by atoms with Gasteiger partial charge in [-0.2, -0.15) is 0 Å². The third-order valence-corrected chi connectivity index (χ3v) is 6.16. The van der Waals surface area contributed by atoms with Gasteiger partial charge < -0.3 is 15.3 Å². The molecule has 0 aromatic heterocycles. The van der Waals surface area contributed by atoms with Crippen molar-refractivity contribution in [2.24, 2.45) is 11.8 Å². The lowest BCUT2D eigenvalue weighted by Crippen LogP contribution is -2.33. The van der Waals surface area contributed by atoms with Gasteiger partial charge >= 0.3 is 0 Å². The molecule has 6 heteroatoms. The maximum Gasteiger partial charge on any atom is 0.159 e. The average Bonchev–Trinajstić information content (AvgIpc) is 3.12. The summed E-state index contributed by atoms with van der Waals surface area (Å²) >= 11 is 0. The monoisotopic (exact) mass is 389 g/mol. The Labute approximate surface area is 163 Å². The number of β-amino-alcohol motifs (C(OH)–C–C–N with tert-alkyl or cyclic N) is 1. The SMILES string of the molecule is Oc1ccc([C@@H](O)CN2C[C@@H]3CC(O)(Cc4ccc(F)c(F)c4)C[C@H]3C2)cc1.